The fraction of sp³-hybridized carbons (Fsp3) is 0.500. The number of hydrogen-bond donors (Lipinski definition) is 10. The van der Waals surface area contributed by atoms with Crippen molar-refractivity contribution in [2.24, 2.45) is 11.1 Å². The summed E-state index contributed by atoms with van der Waals surface area (Å²) in [5, 5.41) is 31.0. The van der Waals surface area contributed by atoms with Crippen molar-refractivity contribution >= 4 is 77.0 Å². The quantitative estimate of drug-likeness (QED) is 0.0408. The molecule has 18 heteroatoms. The van der Waals surface area contributed by atoms with E-state index in [4.69, 9.17) is 5.73 Å². The number of amides is 5. The Morgan fingerprint density at radius 2 is 1.21 bits per heavy atom. The summed E-state index contributed by atoms with van der Waals surface area (Å²) in [6.07, 6.45) is 0.960. The molecule has 5 amide bonds. The van der Waals surface area contributed by atoms with Crippen LogP contribution in [0.4, 0.5) is 0 Å². The van der Waals surface area contributed by atoms with Crippen molar-refractivity contribution in [3.05, 3.63) is 71.8 Å². The van der Waals surface area contributed by atoms with Crippen molar-refractivity contribution in [3.63, 3.8) is 0 Å². The number of nitrogens with two attached hydrogens (primary N) is 1. The Morgan fingerprint density at radius 1 is 0.732 bits per heavy atom. The molecule has 2 rings (SSSR count). The molecule has 6 unspecified atom stereocenters. The van der Waals surface area contributed by atoms with Crippen molar-refractivity contribution in [1.29, 1.82) is 0 Å². The number of halogens is 1. The number of thiol groups is 1. The first-order valence-electron chi connectivity index (χ1n) is 18.1. The van der Waals surface area contributed by atoms with E-state index in [9.17, 15) is 43.8 Å². The maximum Gasteiger partial charge on any atom is 0.327 e. The molecular formula is C38H54IN7O9S. The van der Waals surface area contributed by atoms with E-state index in [-0.39, 0.29) is 36.5 Å². The summed E-state index contributed by atoms with van der Waals surface area (Å²) >= 11 is 5.98. The molecule has 0 aliphatic rings. The van der Waals surface area contributed by atoms with Gasteiger partial charge in [-0.25, -0.2) is 4.79 Å². The summed E-state index contributed by atoms with van der Waals surface area (Å²) in [7, 11) is 0. The predicted octanol–water partition coefficient (Wildman–Crippen LogP) is 1.26. The molecule has 0 spiro atoms. The van der Waals surface area contributed by atoms with Gasteiger partial charge in [-0.3, -0.25) is 32.3 Å². The van der Waals surface area contributed by atoms with Gasteiger partial charge in [0, 0.05) is 60.0 Å². The number of carbonyl (C=O) groups excluding carboxylic acids is 5. The van der Waals surface area contributed by atoms with Crippen LogP contribution in [0.2, 0.25) is 0 Å². The van der Waals surface area contributed by atoms with Gasteiger partial charge in [0.1, 0.15) is 30.2 Å². The van der Waals surface area contributed by atoms with E-state index in [0.29, 0.717) is 12.0 Å². The smallest absolute Gasteiger partial charge is 0.327 e. The summed E-state index contributed by atoms with van der Waals surface area (Å²) < 4.78 is 3.30. The third-order valence-electron chi connectivity index (χ3n) is 9.01. The number of aliphatic carboxylic acids is 2. The number of rotatable bonds is 24. The molecule has 10 N–H and O–H groups in total. The average molecular weight is 912 g/mol. The number of benzene rings is 2. The summed E-state index contributed by atoms with van der Waals surface area (Å²) in [4.78, 5) is 89.6. The number of carboxylic acid groups (broad SMARTS) is 2. The number of hydrogen-bond acceptors (Lipinski definition) is 10. The molecular weight excluding hydrogens is 857 g/mol. The van der Waals surface area contributed by atoms with E-state index < -0.39 is 84.2 Å². The molecule has 308 valence electrons. The molecule has 0 aliphatic carbocycles. The SMILES string of the molecule is CCC(C)(CC(C)(C)CC(=O)NC(Cc1ccccc1)C(=O)NC(Cc1ccccc1)C(=O)NCC(N)C(=O)NC(CC(=O)O)C(=O)NC(CS)C(=O)O)NI. The van der Waals surface area contributed by atoms with Crippen LogP contribution in [0.15, 0.2) is 60.7 Å². The Hall–Kier alpha value is -4.27. The van der Waals surface area contributed by atoms with Gasteiger partial charge in [0.15, 0.2) is 0 Å². The average Bonchev–Trinajstić information content (AvgIpc) is 3.14. The van der Waals surface area contributed by atoms with E-state index in [1.807, 2.05) is 44.2 Å². The highest BCUT2D eigenvalue weighted by molar-refractivity contribution is 14.1. The molecule has 0 aromatic heterocycles. The zero-order chi connectivity index (χ0) is 42.1. The second kappa shape index (κ2) is 23.1. The van der Waals surface area contributed by atoms with Gasteiger partial charge in [0.2, 0.25) is 29.5 Å². The third kappa shape index (κ3) is 16.8. The molecule has 0 saturated carbocycles. The largest absolute Gasteiger partial charge is 0.481 e. The Kier molecular flexibility index (Phi) is 19.7. The van der Waals surface area contributed by atoms with E-state index in [1.54, 1.807) is 30.3 Å². The fourth-order valence-electron chi connectivity index (χ4n) is 5.96. The van der Waals surface area contributed by atoms with Gasteiger partial charge in [0.05, 0.1) is 6.42 Å². The van der Waals surface area contributed by atoms with Crippen LogP contribution in [0, 0.1) is 5.41 Å². The zero-order valence-electron chi connectivity index (χ0n) is 32.0. The van der Waals surface area contributed by atoms with Gasteiger partial charge in [-0.15, -0.1) is 0 Å². The van der Waals surface area contributed by atoms with E-state index in [2.05, 4.69) is 79.5 Å². The van der Waals surface area contributed by atoms with Gasteiger partial charge in [-0.1, -0.05) is 81.4 Å². The Morgan fingerprint density at radius 3 is 1.68 bits per heavy atom. The number of nitrogens with one attached hydrogen (secondary N) is 6. The van der Waals surface area contributed by atoms with E-state index in [1.165, 1.54) is 0 Å². The highest BCUT2D eigenvalue weighted by Crippen LogP contribution is 2.33. The first-order chi connectivity index (χ1) is 26.3. The van der Waals surface area contributed by atoms with E-state index in [0.717, 1.165) is 12.0 Å². The van der Waals surface area contributed by atoms with Gasteiger partial charge in [0.25, 0.3) is 0 Å². The first kappa shape index (κ1) is 47.9. The minimum absolute atomic E-state index is 0.0362. The molecule has 0 heterocycles. The standard InChI is InChI=1S/C38H54IN7O9S/c1-5-38(4,46-39)22-37(2,3)19-30(47)42-27(17-24-14-10-7-11-15-24)34(52)44-26(16-23-12-8-6-9-13-23)33(51)41-20-25(40)32(50)43-28(18-31(48)49)35(53)45-29(21-56)36(54)55/h6-15,25-29,46,56H,5,16-22,40H2,1-4H3,(H,41,51)(H,42,47)(H,43,50)(H,44,52)(H,45,53)(H,48,49)(H,54,55). The van der Waals surface area contributed by atoms with Crippen molar-refractivity contribution < 1.29 is 43.8 Å². The minimum atomic E-state index is -1.69. The lowest BCUT2D eigenvalue weighted by atomic mass is 9.76. The summed E-state index contributed by atoms with van der Waals surface area (Å²) in [5.41, 5.74) is 6.86. The molecule has 0 fully saturated rings. The lowest BCUT2D eigenvalue weighted by molar-refractivity contribution is -0.143. The predicted molar refractivity (Wildman–Crippen MR) is 222 cm³/mol. The molecule has 0 bridgehead atoms. The fourth-order valence-corrected chi connectivity index (χ4v) is 6.78. The highest BCUT2D eigenvalue weighted by atomic mass is 127. The first-order valence-corrected chi connectivity index (χ1v) is 19.8. The normalized spacial score (nSPS) is 15.1. The van der Waals surface area contributed by atoms with Crippen molar-refractivity contribution in [3.8, 4) is 0 Å². The van der Waals surface area contributed by atoms with Crippen molar-refractivity contribution in [2.45, 2.75) is 102 Å². The lowest BCUT2D eigenvalue weighted by Crippen LogP contribution is -2.58. The second-order valence-corrected chi connectivity index (χ2v) is 15.6. The van der Waals surface area contributed by atoms with Crippen LogP contribution in [0.25, 0.3) is 0 Å². The third-order valence-corrected chi connectivity index (χ3v) is 10.7. The van der Waals surface area contributed by atoms with Gasteiger partial charge >= 0.3 is 11.9 Å². The van der Waals surface area contributed by atoms with Crippen LogP contribution in [-0.4, -0.2) is 99.7 Å². The Bertz CT molecular complexity index is 1650. The number of carboxylic acids is 2. The summed E-state index contributed by atoms with van der Waals surface area (Å²) in [5.74, 6) is -6.91. The molecule has 0 saturated heterocycles. The lowest BCUT2D eigenvalue weighted by Gasteiger charge is -2.36. The molecule has 16 nitrogen and oxygen atoms in total. The minimum Gasteiger partial charge on any atom is -0.481 e. The topological polar surface area (TPSA) is 258 Å². The van der Waals surface area contributed by atoms with E-state index >= 15 is 0 Å². The van der Waals surface area contributed by atoms with Gasteiger partial charge in [-0.2, -0.15) is 12.6 Å². The van der Waals surface area contributed by atoms with Crippen molar-refractivity contribution in [1.82, 2.24) is 30.1 Å². The summed E-state index contributed by atoms with van der Waals surface area (Å²) in [6.45, 7) is 7.65. The Balaban J connectivity index is 2.25. The van der Waals surface area contributed by atoms with Crippen LogP contribution in [-0.2, 0) is 46.4 Å². The van der Waals surface area contributed by atoms with Crippen LogP contribution in [0.3, 0.4) is 0 Å². The molecule has 2 aromatic carbocycles. The van der Waals surface area contributed by atoms with Crippen LogP contribution < -0.4 is 35.8 Å². The summed E-state index contributed by atoms with van der Waals surface area (Å²) in [6, 6.07) is 11.1. The maximum absolute atomic E-state index is 14.0. The van der Waals surface area contributed by atoms with Crippen molar-refractivity contribution in [2.75, 3.05) is 12.3 Å². The molecule has 2 aromatic rings. The second-order valence-electron chi connectivity index (χ2n) is 14.7. The Labute approximate surface area is 346 Å². The van der Waals surface area contributed by atoms with Gasteiger partial charge in [-0.05, 0) is 36.3 Å². The molecule has 6 atom stereocenters. The highest BCUT2D eigenvalue weighted by Gasteiger charge is 2.35. The molecule has 0 radical (unpaired) electrons. The van der Waals surface area contributed by atoms with Crippen LogP contribution in [0.5, 0.6) is 0 Å². The molecule has 0 aliphatic heterocycles. The van der Waals surface area contributed by atoms with Crippen LogP contribution in [0.1, 0.15) is 64.5 Å². The number of carbonyl (C=O) groups is 7. The van der Waals surface area contributed by atoms with Crippen LogP contribution >= 0.6 is 35.5 Å². The zero-order valence-corrected chi connectivity index (χ0v) is 35.0. The molecule has 56 heavy (non-hydrogen) atoms. The monoisotopic (exact) mass is 911 g/mol. The van der Waals surface area contributed by atoms with Gasteiger partial charge < -0.3 is 42.5 Å². The maximum atomic E-state index is 14.0.